The van der Waals surface area contributed by atoms with Crippen molar-refractivity contribution < 1.29 is 12.9 Å². The average Bonchev–Trinajstić information content (AvgIpc) is 3.17. The van der Waals surface area contributed by atoms with E-state index in [9.17, 15) is 8.42 Å². The topological polar surface area (TPSA) is 92.4 Å². The van der Waals surface area contributed by atoms with Crippen molar-refractivity contribution >= 4 is 9.84 Å². The SMILES string of the molecule is O=S1(=O)C[C@@H]2[C@H](C1)N(Cc1ncon1)CCN2Cc1cccnc1. The molecule has 0 radical (unpaired) electrons. The van der Waals surface area contributed by atoms with Gasteiger partial charge in [0.1, 0.15) is 0 Å². The molecule has 2 aromatic rings. The second-order valence-electron chi connectivity index (χ2n) is 6.36. The Labute approximate surface area is 140 Å². The highest BCUT2D eigenvalue weighted by molar-refractivity contribution is 7.91. The van der Waals surface area contributed by atoms with Gasteiger partial charge in [0.15, 0.2) is 15.7 Å². The number of fused-ring (bicyclic) bond motifs is 1. The van der Waals surface area contributed by atoms with Gasteiger partial charge < -0.3 is 4.52 Å². The van der Waals surface area contributed by atoms with Crippen LogP contribution < -0.4 is 0 Å². The minimum atomic E-state index is -3.03. The third-order valence-corrected chi connectivity index (χ3v) is 6.46. The minimum Gasteiger partial charge on any atom is -0.343 e. The van der Waals surface area contributed by atoms with Crippen molar-refractivity contribution in [1.29, 1.82) is 0 Å². The molecule has 9 heteroatoms. The highest BCUT2D eigenvalue weighted by Crippen LogP contribution is 2.28. The fourth-order valence-electron chi connectivity index (χ4n) is 3.66. The van der Waals surface area contributed by atoms with Gasteiger partial charge in [-0.25, -0.2) is 8.42 Å². The van der Waals surface area contributed by atoms with Crippen LogP contribution in [-0.4, -0.2) is 70.0 Å². The van der Waals surface area contributed by atoms with Crippen molar-refractivity contribution in [2.45, 2.75) is 25.2 Å². The zero-order chi connectivity index (χ0) is 16.6. The van der Waals surface area contributed by atoms with E-state index >= 15 is 0 Å². The standard InChI is InChI=1S/C15H19N5O3S/c21-24(22)9-13-14(10-24)20(8-15-17-11-23-18-15)5-4-19(13)7-12-2-1-3-16-6-12/h1-3,6,11,13-14H,4-5,7-10H2/t13-,14+/m1/s1. The summed E-state index contributed by atoms with van der Waals surface area (Å²) in [6.45, 7) is 2.84. The number of sulfone groups is 1. The Hall–Kier alpha value is -1.84. The van der Waals surface area contributed by atoms with E-state index in [2.05, 4.69) is 24.9 Å². The normalized spacial score (nSPS) is 27.2. The van der Waals surface area contributed by atoms with Crippen LogP contribution in [0.5, 0.6) is 0 Å². The lowest BCUT2D eigenvalue weighted by Crippen LogP contribution is -2.58. The van der Waals surface area contributed by atoms with Crippen molar-refractivity contribution in [3.63, 3.8) is 0 Å². The summed E-state index contributed by atoms with van der Waals surface area (Å²) in [6, 6.07) is 3.90. The summed E-state index contributed by atoms with van der Waals surface area (Å²) in [5.41, 5.74) is 1.10. The predicted octanol–water partition coefficient (Wildman–Crippen LogP) is -0.0520. The largest absolute Gasteiger partial charge is 0.343 e. The number of rotatable bonds is 4. The molecule has 0 N–H and O–H groups in total. The van der Waals surface area contributed by atoms with Crippen LogP contribution in [0.3, 0.4) is 0 Å². The van der Waals surface area contributed by atoms with Crippen LogP contribution in [0.2, 0.25) is 0 Å². The van der Waals surface area contributed by atoms with E-state index in [1.165, 1.54) is 6.39 Å². The van der Waals surface area contributed by atoms with Gasteiger partial charge in [-0.15, -0.1) is 0 Å². The summed E-state index contributed by atoms with van der Waals surface area (Å²) in [4.78, 5) is 12.6. The molecule has 4 heterocycles. The van der Waals surface area contributed by atoms with Crippen LogP contribution in [0.25, 0.3) is 0 Å². The predicted molar refractivity (Wildman–Crippen MR) is 85.6 cm³/mol. The van der Waals surface area contributed by atoms with Gasteiger partial charge >= 0.3 is 0 Å². The first-order chi connectivity index (χ1) is 11.6. The molecule has 2 saturated heterocycles. The third-order valence-electron chi connectivity index (χ3n) is 4.77. The number of nitrogens with zero attached hydrogens (tertiary/aromatic N) is 5. The summed E-state index contributed by atoms with van der Waals surface area (Å²) >= 11 is 0. The maximum atomic E-state index is 12.2. The van der Waals surface area contributed by atoms with Gasteiger partial charge in [-0.3, -0.25) is 14.8 Å². The Balaban J connectivity index is 1.53. The lowest BCUT2D eigenvalue weighted by molar-refractivity contribution is 0.0335. The van der Waals surface area contributed by atoms with E-state index in [1.54, 1.807) is 6.20 Å². The summed E-state index contributed by atoms with van der Waals surface area (Å²) < 4.78 is 29.2. The summed E-state index contributed by atoms with van der Waals surface area (Å²) in [5, 5.41) is 3.85. The fourth-order valence-corrected chi connectivity index (χ4v) is 5.70. The molecule has 2 aliphatic rings. The first kappa shape index (κ1) is 15.7. The van der Waals surface area contributed by atoms with E-state index in [0.29, 0.717) is 12.4 Å². The molecule has 8 nitrogen and oxygen atoms in total. The molecule has 0 unspecified atom stereocenters. The average molecular weight is 349 g/mol. The van der Waals surface area contributed by atoms with Crippen molar-refractivity contribution in [3.05, 3.63) is 42.3 Å². The van der Waals surface area contributed by atoms with E-state index in [-0.39, 0.29) is 23.6 Å². The number of hydrogen-bond acceptors (Lipinski definition) is 8. The van der Waals surface area contributed by atoms with Gasteiger partial charge in [0.25, 0.3) is 0 Å². The minimum absolute atomic E-state index is 0.00384. The van der Waals surface area contributed by atoms with Crippen LogP contribution in [-0.2, 0) is 22.9 Å². The van der Waals surface area contributed by atoms with Crippen molar-refractivity contribution in [1.82, 2.24) is 24.9 Å². The first-order valence-corrected chi connectivity index (χ1v) is 9.75. The van der Waals surface area contributed by atoms with E-state index in [4.69, 9.17) is 4.52 Å². The van der Waals surface area contributed by atoms with Gasteiger partial charge in [0.2, 0.25) is 6.39 Å². The van der Waals surface area contributed by atoms with Crippen LogP contribution in [0, 0.1) is 0 Å². The monoisotopic (exact) mass is 349 g/mol. The number of aromatic nitrogens is 3. The molecule has 2 aliphatic heterocycles. The molecule has 128 valence electrons. The van der Waals surface area contributed by atoms with Gasteiger partial charge in [0.05, 0.1) is 18.1 Å². The quantitative estimate of drug-likeness (QED) is 0.758. The molecule has 0 bridgehead atoms. The van der Waals surface area contributed by atoms with Gasteiger partial charge in [0, 0.05) is 44.1 Å². The molecule has 2 atom stereocenters. The summed E-state index contributed by atoms with van der Waals surface area (Å²) in [5.74, 6) is 0.999. The lowest BCUT2D eigenvalue weighted by Gasteiger charge is -2.43. The Morgan fingerprint density at radius 1 is 1.17 bits per heavy atom. The second kappa shape index (κ2) is 6.23. The highest BCUT2D eigenvalue weighted by Gasteiger charge is 2.46. The third kappa shape index (κ3) is 3.19. The van der Waals surface area contributed by atoms with Crippen LogP contribution in [0.4, 0.5) is 0 Å². The van der Waals surface area contributed by atoms with Crippen LogP contribution in [0.15, 0.2) is 35.4 Å². The van der Waals surface area contributed by atoms with Crippen LogP contribution in [0.1, 0.15) is 11.4 Å². The Kier molecular flexibility index (Phi) is 4.07. The molecule has 2 fully saturated rings. The number of hydrogen-bond donors (Lipinski definition) is 0. The van der Waals surface area contributed by atoms with Crippen molar-refractivity contribution in [3.8, 4) is 0 Å². The van der Waals surface area contributed by atoms with Gasteiger partial charge in [-0.05, 0) is 11.6 Å². The molecular weight excluding hydrogens is 330 g/mol. The lowest BCUT2D eigenvalue weighted by atomic mass is 10.0. The Morgan fingerprint density at radius 3 is 2.54 bits per heavy atom. The first-order valence-electron chi connectivity index (χ1n) is 7.93. The van der Waals surface area contributed by atoms with E-state index in [1.807, 2.05) is 18.3 Å². The highest BCUT2D eigenvalue weighted by atomic mass is 32.2. The van der Waals surface area contributed by atoms with Gasteiger partial charge in [-0.1, -0.05) is 11.2 Å². The van der Waals surface area contributed by atoms with E-state index < -0.39 is 9.84 Å². The molecule has 24 heavy (non-hydrogen) atoms. The maximum absolute atomic E-state index is 12.2. The molecule has 0 aliphatic carbocycles. The molecule has 2 aromatic heterocycles. The number of piperazine rings is 1. The molecular formula is C15H19N5O3S. The molecule has 0 aromatic carbocycles. The molecule has 0 spiro atoms. The second-order valence-corrected chi connectivity index (χ2v) is 8.52. The van der Waals surface area contributed by atoms with Crippen molar-refractivity contribution in [2.24, 2.45) is 0 Å². The molecule has 4 rings (SSSR count). The fraction of sp³-hybridized carbons (Fsp3) is 0.533. The van der Waals surface area contributed by atoms with Crippen LogP contribution >= 0.6 is 0 Å². The smallest absolute Gasteiger partial charge is 0.213 e. The van der Waals surface area contributed by atoms with E-state index in [0.717, 1.165) is 25.2 Å². The Bertz CT molecular complexity index is 781. The number of pyridine rings is 1. The zero-order valence-corrected chi connectivity index (χ0v) is 14.0. The zero-order valence-electron chi connectivity index (χ0n) is 13.2. The van der Waals surface area contributed by atoms with Crippen molar-refractivity contribution in [2.75, 3.05) is 24.6 Å². The molecule has 0 saturated carbocycles. The summed E-state index contributed by atoms with van der Waals surface area (Å²) in [6.07, 6.45) is 4.89. The Morgan fingerprint density at radius 2 is 1.92 bits per heavy atom. The summed E-state index contributed by atoms with van der Waals surface area (Å²) in [7, 11) is -3.03. The molecule has 0 amide bonds. The van der Waals surface area contributed by atoms with Gasteiger partial charge in [-0.2, -0.15) is 4.98 Å². The maximum Gasteiger partial charge on any atom is 0.213 e.